The number of thioether (sulfide) groups is 1. The second kappa shape index (κ2) is 7.51. The van der Waals surface area contributed by atoms with Crippen molar-refractivity contribution in [3.63, 3.8) is 0 Å². The van der Waals surface area contributed by atoms with Gasteiger partial charge in [-0.1, -0.05) is 54.1 Å². The van der Waals surface area contributed by atoms with E-state index in [1.165, 1.54) is 0 Å². The molecular formula is C21H15ClN2OS. The van der Waals surface area contributed by atoms with Gasteiger partial charge in [0.25, 0.3) is 0 Å². The summed E-state index contributed by atoms with van der Waals surface area (Å²) in [5.74, 6) is 0.806. The van der Waals surface area contributed by atoms with Crippen molar-refractivity contribution in [3.8, 4) is 28.5 Å². The van der Waals surface area contributed by atoms with E-state index in [-0.39, 0.29) is 6.10 Å². The summed E-state index contributed by atoms with van der Waals surface area (Å²) in [5.41, 5.74) is 4.32. The number of hydrogen-bond donors (Lipinski definition) is 0. The first-order valence-corrected chi connectivity index (χ1v) is 9.62. The minimum absolute atomic E-state index is 0.271. The van der Waals surface area contributed by atoms with Crippen LogP contribution in [-0.2, 0) is 4.74 Å². The lowest BCUT2D eigenvalue weighted by atomic mass is 9.99. The van der Waals surface area contributed by atoms with Crippen LogP contribution < -0.4 is 0 Å². The van der Waals surface area contributed by atoms with E-state index in [9.17, 15) is 5.26 Å². The van der Waals surface area contributed by atoms with E-state index in [1.54, 1.807) is 11.8 Å². The van der Waals surface area contributed by atoms with Crippen LogP contribution in [0.1, 0.15) is 5.56 Å². The highest BCUT2D eigenvalue weighted by atomic mass is 35.5. The van der Waals surface area contributed by atoms with Crippen LogP contribution in [0.5, 0.6) is 0 Å². The van der Waals surface area contributed by atoms with Gasteiger partial charge in [0.1, 0.15) is 11.1 Å². The molecule has 0 spiro atoms. The second-order valence-corrected chi connectivity index (χ2v) is 7.43. The molecule has 3 nitrogen and oxygen atoms in total. The fourth-order valence-electron chi connectivity index (χ4n) is 2.68. The van der Waals surface area contributed by atoms with Gasteiger partial charge in [-0.2, -0.15) is 5.26 Å². The smallest absolute Gasteiger partial charge is 0.115 e. The summed E-state index contributed by atoms with van der Waals surface area (Å²) < 4.78 is 5.30. The van der Waals surface area contributed by atoms with Crippen molar-refractivity contribution in [2.24, 2.45) is 0 Å². The van der Waals surface area contributed by atoms with Gasteiger partial charge in [0, 0.05) is 21.9 Å². The van der Waals surface area contributed by atoms with Crippen LogP contribution in [0, 0.1) is 11.3 Å². The molecule has 1 aliphatic rings. The normalized spacial score (nSPS) is 15.5. The van der Waals surface area contributed by atoms with Gasteiger partial charge in [-0.3, -0.25) is 0 Å². The molecule has 2 heterocycles. The van der Waals surface area contributed by atoms with Crippen molar-refractivity contribution in [2.45, 2.75) is 11.1 Å². The maximum absolute atomic E-state index is 9.79. The number of benzene rings is 2. The average Bonchev–Trinajstić information content (AvgIpc) is 3.51. The maximum Gasteiger partial charge on any atom is 0.115 e. The van der Waals surface area contributed by atoms with Crippen molar-refractivity contribution in [1.82, 2.24) is 4.98 Å². The summed E-state index contributed by atoms with van der Waals surface area (Å²) in [6.45, 7) is 0.789. The second-order valence-electron chi connectivity index (χ2n) is 5.99. The van der Waals surface area contributed by atoms with Crippen LogP contribution in [0.15, 0.2) is 65.7 Å². The number of halogens is 1. The molecule has 0 bridgehead atoms. The molecule has 0 radical (unpaired) electrons. The van der Waals surface area contributed by atoms with Gasteiger partial charge >= 0.3 is 0 Å². The Labute approximate surface area is 161 Å². The summed E-state index contributed by atoms with van der Waals surface area (Å²) >= 11 is 7.59. The largest absolute Gasteiger partial charge is 0.372 e. The molecule has 5 heteroatoms. The Hall–Kier alpha value is -2.32. The Morgan fingerprint density at radius 2 is 1.85 bits per heavy atom. The topological polar surface area (TPSA) is 49.2 Å². The molecule has 0 saturated carbocycles. The standard InChI is InChI=1S/C21H15ClN2OS/c22-16-8-6-15(7-9-16)20-10-18(14-4-2-1-3-5-14)19(11-23)21(24-20)26-13-17-12-25-17/h1-10,17H,12-13H2/t17-/m1/s1. The van der Waals surface area contributed by atoms with Crippen molar-refractivity contribution in [3.05, 3.63) is 71.2 Å². The SMILES string of the molecule is N#Cc1c(-c2ccccc2)cc(-c2ccc(Cl)cc2)nc1SC[C@H]1CO1. The quantitative estimate of drug-likeness (QED) is 0.438. The van der Waals surface area contributed by atoms with Crippen molar-refractivity contribution in [1.29, 1.82) is 5.26 Å². The van der Waals surface area contributed by atoms with Crippen LogP contribution in [0.4, 0.5) is 0 Å². The molecule has 2 aromatic carbocycles. The van der Waals surface area contributed by atoms with Crippen LogP contribution in [0.25, 0.3) is 22.4 Å². The Kier molecular flexibility index (Phi) is 4.94. The third-order valence-electron chi connectivity index (χ3n) is 4.13. The molecule has 128 valence electrons. The van der Waals surface area contributed by atoms with E-state index in [0.717, 1.165) is 39.8 Å². The van der Waals surface area contributed by atoms with E-state index < -0.39 is 0 Å². The van der Waals surface area contributed by atoms with Crippen LogP contribution in [-0.4, -0.2) is 23.4 Å². The summed E-state index contributed by atoms with van der Waals surface area (Å²) in [6, 6.07) is 21.9. The Morgan fingerprint density at radius 1 is 1.12 bits per heavy atom. The monoisotopic (exact) mass is 378 g/mol. The highest BCUT2D eigenvalue weighted by molar-refractivity contribution is 7.99. The molecule has 0 N–H and O–H groups in total. The van der Waals surface area contributed by atoms with Gasteiger partial charge in [0.05, 0.1) is 24.0 Å². The third kappa shape index (κ3) is 3.76. The molecule has 0 amide bonds. The molecule has 1 aliphatic heterocycles. The molecule has 1 fully saturated rings. The highest BCUT2D eigenvalue weighted by Gasteiger charge is 2.24. The first-order chi connectivity index (χ1) is 12.7. The minimum Gasteiger partial charge on any atom is -0.372 e. The molecule has 26 heavy (non-hydrogen) atoms. The van der Waals surface area contributed by atoms with E-state index in [4.69, 9.17) is 21.3 Å². The molecule has 1 atom stereocenters. The van der Waals surface area contributed by atoms with Crippen LogP contribution in [0.3, 0.4) is 0 Å². The number of ether oxygens (including phenoxy) is 1. The Bertz CT molecular complexity index is 964. The number of aromatic nitrogens is 1. The van der Waals surface area contributed by atoms with Crippen LogP contribution in [0.2, 0.25) is 5.02 Å². The Morgan fingerprint density at radius 3 is 2.50 bits per heavy atom. The molecule has 3 aromatic rings. The van der Waals surface area contributed by atoms with Crippen LogP contribution >= 0.6 is 23.4 Å². The minimum atomic E-state index is 0.271. The number of pyridine rings is 1. The third-order valence-corrected chi connectivity index (χ3v) is 5.49. The van der Waals surface area contributed by atoms with Gasteiger partial charge < -0.3 is 4.74 Å². The molecule has 1 aromatic heterocycles. The molecule has 4 rings (SSSR count). The first-order valence-electron chi connectivity index (χ1n) is 8.25. The first kappa shape index (κ1) is 17.1. The van der Waals surface area contributed by atoms with Gasteiger partial charge in [-0.15, -0.1) is 11.8 Å². The lowest BCUT2D eigenvalue weighted by molar-refractivity contribution is 0.426. The number of epoxide rings is 1. The van der Waals surface area contributed by atoms with Gasteiger partial charge in [-0.25, -0.2) is 4.98 Å². The number of nitrogens with zero attached hydrogens (tertiary/aromatic N) is 2. The molecule has 0 unspecified atom stereocenters. The maximum atomic E-state index is 9.79. The van der Waals surface area contributed by atoms with Crippen molar-refractivity contribution in [2.75, 3.05) is 12.4 Å². The summed E-state index contributed by atoms with van der Waals surface area (Å²) in [4.78, 5) is 4.77. The lowest BCUT2D eigenvalue weighted by Crippen LogP contribution is -1.98. The van der Waals surface area contributed by atoms with Crippen molar-refractivity contribution >= 4 is 23.4 Å². The number of nitriles is 1. The molecular weight excluding hydrogens is 364 g/mol. The fraction of sp³-hybridized carbons (Fsp3) is 0.143. The fourth-order valence-corrected chi connectivity index (χ4v) is 3.81. The lowest BCUT2D eigenvalue weighted by Gasteiger charge is -2.12. The van der Waals surface area contributed by atoms with Gasteiger partial charge in [0.15, 0.2) is 0 Å². The highest BCUT2D eigenvalue weighted by Crippen LogP contribution is 2.35. The molecule has 0 aliphatic carbocycles. The number of hydrogen-bond acceptors (Lipinski definition) is 4. The van der Waals surface area contributed by atoms with E-state index in [2.05, 4.69) is 6.07 Å². The number of rotatable bonds is 5. The zero-order chi connectivity index (χ0) is 17.9. The van der Waals surface area contributed by atoms with E-state index in [0.29, 0.717) is 10.6 Å². The Balaban J connectivity index is 1.84. The summed E-state index contributed by atoms with van der Waals surface area (Å²) in [5, 5.41) is 11.2. The zero-order valence-electron chi connectivity index (χ0n) is 13.9. The predicted octanol–water partition coefficient (Wildman–Crippen LogP) is 5.43. The van der Waals surface area contributed by atoms with Gasteiger partial charge in [-0.05, 0) is 23.8 Å². The zero-order valence-corrected chi connectivity index (χ0v) is 15.4. The van der Waals surface area contributed by atoms with E-state index >= 15 is 0 Å². The summed E-state index contributed by atoms with van der Waals surface area (Å²) in [6.07, 6.45) is 0.271. The molecule has 1 saturated heterocycles. The summed E-state index contributed by atoms with van der Waals surface area (Å²) in [7, 11) is 0. The van der Waals surface area contributed by atoms with E-state index in [1.807, 2.05) is 60.7 Å². The predicted molar refractivity (Wildman–Crippen MR) is 105 cm³/mol. The average molecular weight is 379 g/mol. The van der Waals surface area contributed by atoms with Gasteiger partial charge in [0.2, 0.25) is 0 Å². The van der Waals surface area contributed by atoms with Crippen molar-refractivity contribution < 1.29 is 4.74 Å².